The zero-order chi connectivity index (χ0) is 15.1. The van der Waals surface area contributed by atoms with E-state index in [1.54, 1.807) is 43.6 Å². The average Bonchev–Trinajstić information content (AvgIpc) is 2.55. The molecule has 21 heavy (non-hydrogen) atoms. The first kappa shape index (κ1) is 15.1. The monoisotopic (exact) mass is 300 g/mol. The molecule has 0 unspecified atom stereocenters. The van der Waals surface area contributed by atoms with Gasteiger partial charge in [-0.05, 0) is 42.7 Å². The Hall–Kier alpha value is -2.27. The average molecular weight is 300 g/mol. The summed E-state index contributed by atoms with van der Waals surface area (Å²) < 4.78 is 5.08. The molecular formula is C16H16N2O2S. The van der Waals surface area contributed by atoms with Crippen molar-refractivity contribution in [2.24, 2.45) is 0 Å². The Labute approximate surface area is 128 Å². The van der Waals surface area contributed by atoms with Gasteiger partial charge in [0.05, 0.1) is 12.1 Å². The van der Waals surface area contributed by atoms with Gasteiger partial charge in [-0.3, -0.25) is 4.79 Å². The van der Waals surface area contributed by atoms with Crippen molar-refractivity contribution < 1.29 is 9.53 Å². The Morgan fingerprint density at radius 2 is 2.00 bits per heavy atom. The minimum absolute atomic E-state index is 0.0644. The number of rotatable bonds is 6. The molecule has 0 fully saturated rings. The molecule has 0 aliphatic carbocycles. The fraction of sp³-hybridized carbons (Fsp3) is 0.125. The third-order valence-corrected chi connectivity index (χ3v) is 3.43. The number of ketones is 1. The Morgan fingerprint density at radius 1 is 1.24 bits per heavy atom. The number of thioether (sulfide) groups is 1. The number of methoxy groups -OCH3 is 1. The molecule has 0 saturated carbocycles. The molecule has 2 aromatic rings. The third-order valence-electron chi connectivity index (χ3n) is 2.77. The molecule has 0 atom stereocenters. The smallest absolute Gasteiger partial charge is 0.188 e. The molecule has 0 radical (unpaired) electrons. The highest BCUT2D eigenvalue weighted by atomic mass is 32.2. The normalized spacial score (nSPS) is 11.0. The van der Waals surface area contributed by atoms with E-state index in [9.17, 15) is 4.79 Å². The summed E-state index contributed by atoms with van der Waals surface area (Å²) in [6.45, 7) is 0. The molecule has 0 saturated heterocycles. The molecule has 0 aliphatic rings. The van der Waals surface area contributed by atoms with Crippen molar-refractivity contribution in [2.75, 3.05) is 18.7 Å². The van der Waals surface area contributed by atoms with E-state index in [1.165, 1.54) is 11.8 Å². The van der Waals surface area contributed by atoms with E-state index in [2.05, 4.69) is 10.3 Å². The third kappa shape index (κ3) is 4.36. The van der Waals surface area contributed by atoms with Gasteiger partial charge in [0.1, 0.15) is 11.6 Å². The molecule has 0 spiro atoms. The predicted molar refractivity (Wildman–Crippen MR) is 86.8 cm³/mol. The second-order valence-corrected chi connectivity index (χ2v) is 4.99. The molecule has 1 aromatic heterocycles. The molecule has 0 amide bonds. The van der Waals surface area contributed by atoms with E-state index in [-0.39, 0.29) is 5.78 Å². The SMILES string of the molecule is COc1ccc(C(=O)/C=C(/Nc2ccccn2)SC)cc1. The van der Waals surface area contributed by atoms with E-state index >= 15 is 0 Å². The van der Waals surface area contributed by atoms with Crippen molar-refractivity contribution in [3.05, 3.63) is 65.3 Å². The highest BCUT2D eigenvalue weighted by Gasteiger charge is 2.06. The van der Waals surface area contributed by atoms with Crippen LogP contribution in [-0.2, 0) is 0 Å². The minimum atomic E-state index is -0.0644. The summed E-state index contributed by atoms with van der Waals surface area (Å²) in [6, 6.07) is 12.6. The molecule has 4 nitrogen and oxygen atoms in total. The van der Waals surface area contributed by atoms with Crippen LogP contribution in [0.25, 0.3) is 0 Å². The molecule has 0 bridgehead atoms. The lowest BCUT2D eigenvalue weighted by Crippen LogP contribution is -2.02. The van der Waals surface area contributed by atoms with Crippen LogP contribution >= 0.6 is 11.8 Å². The lowest BCUT2D eigenvalue weighted by molar-refractivity contribution is 0.104. The van der Waals surface area contributed by atoms with Crippen LogP contribution in [0.2, 0.25) is 0 Å². The first-order valence-electron chi connectivity index (χ1n) is 6.35. The van der Waals surface area contributed by atoms with Crippen LogP contribution in [0.1, 0.15) is 10.4 Å². The van der Waals surface area contributed by atoms with Crippen molar-refractivity contribution in [3.63, 3.8) is 0 Å². The van der Waals surface area contributed by atoms with Crippen LogP contribution in [0.5, 0.6) is 5.75 Å². The molecule has 1 aromatic carbocycles. The van der Waals surface area contributed by atoms with Crippen LogP contribution in [0.15, 0.2) is 59.8 Å². The number of carbonyl (C=O) groups excluding carboxylic acids is 1. The van der Waals surface area contributed by atoms with Crippen molar-refractivity contribution >= 4 is 23.4 Å². The summed E-state index contributed by atoms with van der Waals surface area (Å²) >= 11 is 1.46. The zero-order valence-corrected chi connectivity index (χ0v) is 12.7. The number of aromatic nitrogens is 1. The maximum atomic E-state index is 12.2. The number of pyridine rings is 1. The Balaban J connectivity index is 2.12. The summed E-state index contributed by atoms with van der Waals surface area (Å²) in [5.74, 6) is 1.37. The number of anilines is 1. The van der Waals surface area contributed by atoms with E-state index in [4.69, 9.17) is 4.74 Å². The summed E-state index contributed by atoms with van der Waals surface area (Å²) in [5, 5.41) is 3.86. The lowest BCUT2D eigenvalue weighted by Gasteiger charge is -2.07. The first-order valence-corrected chi connectivity index (χ1v) is 7.57. The Morgan fingerprint density at radius 3 is 2.57 bits per heavy atom. The van der Waals surface area contributed by atoms with Gasteiger partial charge in [-0.1, -0.05) is 6.07 Å². The second-order valence-electron chi connectivity index (χ2n) is 4.15. The molecular weight excluding hydrogens is 284 g/mol. The maximum absolute atomic E-state index is 12.2. The molecule has 0 aliphatic heterocycles. The molecule has 5 heteroatoms. The first-order chi connectivity index (χ1) is 10.2. The number of nitrogens with one attached hydrogen (secondary N) is 1. The van der Waals surface area contributed by atoms with E-state index in [0.717, 1.165) is 10.8 Å². The summed E-state index contributed by atoms with van der Waals surface area (Å²) in [5.41, 5.74) is 0.616. The Bertz CT molecular complexity index is 624. The molecule has 1 heterocycles. The van der Waals surface area contributed by atoms with Crippen LogP contribution in [0.4, 0.5) is 5.82 Å². The van der Waals surface area contributed by atoms with E-state index < -0.39 is 0 Å². The summed E-state index contributed by atoms with van der Waals surface area (Å²) in [6.07, 6.45) is 5.18. The number of ether oxygens (including phenoxy) is 1. The van der Waals surface area contributed by atoms with Crippen molar-refractivity contribution in [1.82, 2.24) is 4.98 Å². The van der Waals surface area contributed by atoms with Gasteiger partial charge in [0.15, 0.2) is 5.78 Å². The van der Waals surface area contributed by atoms with Crippen molar-refractivity contribution in [2.45, 2.75) is 0 Å². The zero-order valence-electron chi connectivity index (χ0n) is 11.9. The largest absolute Gasteiger partial charge is 0.497 e. The molecule has 108 valence electrons. The standard InChI is InChI=1S/C16H16N2O2S/c1-20-13-8-6-12(7-9-13)14(19)11-16(21-2)18-15-5-3-4-10-17-15/h3-11H,1-2H3,(H,17,18)/b16-11-. The van der Waals surface area contributed by atoms with Crippen molar-refractivity contribution in [3.8, 4) is 5.75 Å². The van der Waals surface area contributed by atoms with Crippen LogP contribution in [0, 0.1) is 0 Å². The van der Waals surface area contributed by atoms with Gasteiger partial charge >= 0.3 is 0 Å². The summed E-state index contributed by atoms with van der Waals surface area (Å²) in [4.78, 5) is 16.4. The number of carbonyl (C=O) groups is 1. The highest BCUT2D eigenvalue weighted by Crippen LogP contribution is 2.17. The number of hydrogen-bond acceptors (Lipinski definition) is 5. The van der Waals surface area contributed by atoms with Crippen molar-refractivity contribution in [1.29, 1.82) is 0 Å². The predicted octanol–water partition coefficient (Wildman–Crippen LogP) is 3.59. The number of benzene rings is 1. The molecule has 1 N–H and O–H groups in total. The molecule has 2 rings (SSSR count). The lowest BCUT2D eigenvalue weighted by atomic mass is 10.1. The maximum Gasteiger partial charge on any atom is 0.188 e. The van der Waals surface area contributed by atoms with Crippen LogP contribution < -0.4 is 10.1 Å². The topological polar surface area (TPSA) is 51.2 Å². The fourth-order valence-corrected chi connectivity index (χ4v) is 2.10. The number of allylic oxidation sites excluding steroid dienone is 1. The fourth-order valence-electron chi connectivity index (χ4n) is 1.67. The van der Waals surface area contributed by atoms with Crippen LogP contribution in [-0.4, -0.2) is 24.1 Å². The van der Waals surface area contributed by atoms with E-state index in [0.29, 0.717) is 11.4 Å². The van der Waals surface area contributed by atoms with Crippen LogP contribution in [0.3, 0.4) is 0 Å². The van der Waals surface area contributed by atoms with Gasteiger partial charge in [0.2, 0.25) is 0 Å². The summed E-state index contributed by atoms with van der Waals surface area (Å²) in [7, 11) is 1.60. The number of nitrogens with zero attached hydrogens (tertiary/aromatic N) is 1. The van der Waals surface area contributed by atoms with Gasteiger partial charge in [0, 0.05) is 17.8 Å². The van der Waals surface area contributed by atoms with Gasteiger partial charge in [-0.25, -0.2) is 4.98 Å². The van der Waals surface area contributed by atoms with Gasteiger partial charge < -0.3 is 10.1 Å². The van der Waals surface area contributed by atoms with Gasteiger partial charge in [0.25, 0.3) is 0 Å². The Kier molecular flexibility index (Phi) is 5.40. The van der Waals surface area contributed by atoms with Gasteiger partial charge in [-0.2, -0.15) is 0 Å². The van der Waals surface area contributed by atoms with E-state index in [1.807, 2.05) is 24.5 Å². The van der Waals surface area contributed by atoms with Gasteiger partial charge in [-0.15, -0.1) is 11.8 Å². The quantitative estimate of drug-likeness (QED) is 0.652. The number of hydrogen-bond donors (Lipinski definition) is 1. The second kappa shape index (κ2) is 7.50. The minimum Gasteiger partial charge on any atom is -0.497 e. The highest BCUT2D eigenvalue weighted by molar-refractivity contribution is 8.02.